The van der Waals surface area contributed by atoms with Crippen molar-refractivity contribution >= 4 is 5.91 Å². The molecule has 2 saturated carbocycles. The van der Waals surface area contributed by atoms with Crippen LogP contribution in [0.4, 0.5) is 0 Å². The van der Waals surface area contributed by atoms with Crippen molar-refractivity contribution in [3.8, 4) is 0 Å². The highest BCUT2D eigenvalue weighted by Gasteiger charge is 2.60. The van der Waals surface area contributed by atoms with Gasteiger partial charge in [0.05, 0.1) is 0 Å². The van der Waals surface area contributed by atoms with Crippen LogP contribution in [0.1, 0.15) is 57.2 Å². The Morgan fingerprint density at radius 1 is 1.14 bits per heavy atom. The molecule has 112 valence electrons. The molecule has 1 saturated heterocycles. The molecular formula is C18H24N2O. The second-order valence-electron chi connectivity index (χ2n) is 7.49. The molecule has 1 aromatic carbocycles. The van der Waals surface area contributed by atoms with E-state index in [0.717, 1.165) is 19.4 Å². The second kappa shape index (κ2) is 4.57. The van der Waals surface area contributed by atoms with Gasteiger partial charge in [-0.1, -0.05) is 50.1 Å². The fourth-order valence-corrected chi connectivity index (χ4v) is 4.14. The molecule has 1 aliphatic heterocycles. The van der Waals surface area contributed by atoms with Gasteiger partial charge in [0.2, 0.25) is 5.91 Å². The number of nitrogens with one attached hydrogen (secondary N) is 1. The number of nitrogens with zero attached hydrogens (tertiary/aromatic N) is 1. The molecule has 3 heteroatoms. The minimum absolute atomic E-state index is 0.0682. The van der Waals surface area contributed by atoms with Crippen LogP contribution in [0, 0.1) is 5.41 Å². The van der Waals surface area contributed by atoms with Gasteiger partial charge >= 0.3 is 0 Å². The molecule has 1 amide bonds. The summed E-state index contributed by atoms with van der Waals surface area (Å²) in [5, 5.41) is 3.63. The lowest BCUT2D eigenvalue weighted by atomic mass is 9.88. The first-order valence-corrected chi connectivity index (χ1v) is 8.26. The number of carbonyl (C=O) groups is 1. The lowest BCUT2D eigenvalue weighted by molar-refractivity contribution is -0.132. The maximum atomic E-state index is 12.9. The summed E-state index contributed by atoms with van der Waals surface area (Å²) < 4.78 is 0. The highest BCUT2D eigenvalue weighted by Crippen LogP contribution is 2.48. The van der Waals surface area contributed by atoms with E-state index in [1.165, 1.54) is 31.2 Å². The quantitative estimate of drug-likeness (QED) is 0.924. The second-order valence-corrected chi connectivity index (χ2v) is 7.49. The summed E-state index contributed by atoms with van der Waals surface area (Å²) in [7, 11) is 0. The first-order valence-electron chi connectivity index (χ1n) is 8.26. The highest BCUT2D eigenvalue weighted by atomic mass is 16.2. The van der Waals surface area contributed by atoms with Gasteiger partial charge in [0.1, 0.15) is 11.7 Å². The molecule has 1 atom stereocenters. The van der Waals surface area contributed by atoms with E-state index in [1.54, 1.807) is 0 Å². The van der Waals surface area contributed by atoms with Crippen molar-refractivity contribution in [3.63, 3.8) is 0 Å². The van der Waals surface area contributed by atoms with Crippen LogP contribution in [0.5, 0.6) is 0 Å². The average molecular weight is 284 g/mol. The summed E-state index contributed by atoms with van der Waals surface area (Å²) in [6.45, 7) is 3.26. The van der Waals surface area contributed by atoms with Crippen LogP contribution in [0.3, 0.4) is 0 Å². The predicted molar refractivity (Wildman–Crippen MR) is 82.6 cm³/mol. The summed E-state index contributed by atoms with van der Waals surface area (Å²) in [6, 6.07) is 10.4. The van der Waals surface area contributed by atoms with Gasteiger partial charge in [0.25, 0.3) is 0 Å². The smallest absolute Gasteiger partial charge is 0.244 e. The minimum atomic E-state index is -0.227. The zero-order valence-corrected chi connectivity index (χ0v) is 12.8. The van der Waals surface area contributed by atoms with Gasteiger partial charge in [-0.15, -0.1) is 0 Å². The summed E-state index contributed by atoms with van der Waals surface area (Å²) in [4.78, 5) is 15.0. The summed E-state index contributed by atoms with van der Waals surface area (Å²) in [5.41, 5.74) is 1.30. The molecule has 0 radical (unpaired) electrons. The number of hydrogen-bond donors (Lipinski definition) is 1. The van der Waals surface area contributed by atoms with Gasteiger partial charge in [0, 0.05) is 6.54 Å². The van der Waals surface area contributed by atoms with Gasteiger partial charge in [-0.3, -0.25) is 10.1 Å². The van der Waals surface area contributed by atoms with Crippen LogP contribution >= 0.6 is 0 Å². The van der Waals surface area contributed by atoms with E-state index in [-0.39, 0.29) is 11.7 Å². The molecule has 0 aromatic heterocycles. The van der Waals surface area contributed by atoms with Gasteiger partial charge < -0.3 is 4.90 Å². The molecule has 1 unspecified atom stereocenters. The number of hydrogen-bond acceptors (Lipinski definition) is 2. The van der Waals surface area contributed by atoms with Crippen LogP contribution in [0.15, 0.2) is 30.3 Å². The van der Waals surface area contributed by atoms with Crippen LogP contribution in [0.2, 0.25) is 0 Å². The number of rotatable bonds is 3. The van der Waals surface area contributed by atoms with Crippen molar-refractivity contribution in [2.45, 2.75) is 57.2 Å². The molecule has 1 spiro atoms. The fraction of sp³-hybridized carbons (Fsp3) is 0.611. The van der Waals surface area contributed by atoms with Gasteiger partial charge in [-0.25, -0.2) is 0 Å². The molecule has 3 aliphatic rings. The summed E-state index contributed by atoms with van der Waals surface area (Å²) >= 11 is 0. The van der Waals surface area contributed by atoms with Crippen LogP contribution in [-0.2, 0) is 4.79 Å². The van der Waals surface area contributed by atoms with E-state index in [9.17, 15) is 4.79 Å². The van der Waals surface area contributed by atoms with Gasteiger partial charge in [-0.2, -0.15) is 0 Å². The Balaban J connectivity index is 1.63. The maximum Gasteiger partial charge on any atom is 0.244 e. The Hall–Kier alpha value is -1.35. The molecular weight excluding hydrogens is 260 g/mol. The number of amides is 1. The van der Waals surface area contributed by atoms with Crippen molar-refractivity contribution < 1.29 is 4.79 Å². The molecule has 3 fully saturated rings. The van der Waals surface area contributed by atoms with Crippen molar-refractivity contribution in [1.29, 1.82) is 0 Å². The first kappa shape index (κ1) is 13.3. The molecule has 2 aliphatic carbocycles. The molecule has 21 heavy (non-hydrogen) atoms. The highest BCUT2D eigenvalue weighted by molar-refractivity contribution is 5.92. The van der Waals surface area contributed by atoms with Crippen molar-refractivity contribution in [1.82, 2.24) is 10.2 Å². The topological polar surface area (TPSA) is 32.3 Å². The van der Waals surface area contributed by atoms with Crippen LogP contribution in [-0.4, -0.2) is 22.9 Å². The Morgan fingerprint density at radius 3 is 2.43 bits per heavy atom. The Bertz CT molecular complexity index is 544. The summed E-state index contributed by atoms with van der Waals surface area (Å²) in [5.74, 6) is 0.337. The molecule has 1 N–H and O–H groups in total. The summed E-state index contributed by atoms with van der Waals surface area (Å²) in [6.07, 6.45) is 7.21. The van der Waals surface area contributed by atoms with Gasteiger partial charge in [0.15, 0.2) is 0 Å². The molecule has 1 heterocycles. The van der Waals surface area contributed by atoms with Gasteiger partial charge in [-0.05, 0) is 36.7 Å². The molecule has 4 rings (SSSR count). The van der Waals surface area contributed by atoms with E-state index in [0.29, 0.717) is 11.3 Å². The standard InChI is InChI=1S/C18H24N2O/c1-17(9-5-6-10-17)13-20-15(14-7-3-2-4-8-14)19-18(11-12-18)16(20)21/h2-4,7-8,15,19H,5-6,9-13H2,1H3. The lowest BCUT2D eigenvalue weighted by Gasteiger charge is -2.33. The van der Waals surface area contributed by atoms with E-state index in [2.05, 4.69) is 41.4 Å². The van der Waals surface area contributed by atoms with Crippen molar-refractivity contribution in [2.24, 2.45) is 5.41 Å². The zero-order valence-electron chi connectivity index (χ0n) is 12.8. The maximum absolute atomic E-state index is 12.9. The van der Waals surface area contributed by atoms with Crippen LogP contribution in [0.25, 0.3) is 0 Å². The Morgan fingerprint density at radius 2 is 1.81 bits per heavy atom. The van der Waals surface area contributed by atoms with E-state index in [1.807, 2.05) is 6.07 Å². The zero-order chi connectivity index (χ0) is 14.5. The third-order valence-corrected chi connectivity index (χ3v) is 5.62. The predicted octanol–water partition coefficient (Wildman–Crippen LogP) is 3.23. The average Bonchev–Trinajstić information content (AvgIpc) is 3.09. The molecule has 0 bridgehead atoms. The molecule has 1 aromatic rings. The lowest BCUT2D eigenvalue weighted by Crippen LogP contribution is -2.39. The molecule has 3 nitrogen and oxygen atoms in total. The van der Waals surface area contributed by atoms with Crippen LogP contribution < -0.4 is 5.32 Å². The van der Waals surface area contributed by atoms with E-state index < -0.39 is 0 Å². The third kappa shape index (κ3) is 2.18. The van der Waals surface area contributed by atoms with E-state index >= 15 is 0 Å². The normalized spacial score (nSPS) is 29.3. The van der Waals surface area contributed by atoms with E-state index in [4.69, 9.17) is 0 Å². The van der Waals surface area contributed by atoms with Crippen molar-refractivity contribution in [2.75, 3.05) is 6.54 Å². The minimum Gasteiger partial charge on any atom is -0.321 e. The van der Waals surface area contributed by atoms with Crippen molar-refractivity contribution in [3.05, 3.63) is 35.9 Å². The fourth-order valence-electron chi connectivity index (χ4n) is 4.14. The number of carbonyl (C=O) groups excluding carboxylic acids is 1. The Kier molecular flexibility index (Phi) is 2.90. The largest absolute Gasteiger partial charge is 0.321 e. The Labute approximate surface area is 126 Å². The third-order valence-electron chi connectivity index (χ3n) is 5.62. The number of benzene rings is 1. The monoisotopic (exact) mass is 284 g/mol. The first-order chi connectivity index (χ1) is 10.1. The SMILES string of the molecule is CC1(CN2C(=O)C3(CC3)NC2c2ccccc2)CCCC1.